The minimum Gasteiger partial charge on any atom is -0.490 e. The molecule has 1 heterocycles. The van der Waals surface area contributed by atoms with Gasteiger partial charge in [-0.05, 0) is 101 Å². The Hall–Kier alpha value is -2.48. The molecule has 206 valence electrons. The van der Waals surface area contributed by atoms with Crippen molar-refractivity contribution in [1.82, 2.24) is 9.88 Å². The van der Waals surface area contributed by atoms with E-state index in [4.69, 9.17) is 10.5 Å². The third-order valence-corrected chi connectivity index (χ3v) is 7.31. The predicted octanol–water partition coefficient (Wildman–Crippen LogP) is 7.18. The molecule has 1 aromatic heterocycles. The highest BCUT2D eigenvalue weighted by molar-refractivity contribution is 5.58. The number of nitrogen functional groups attached to an aromatic ring is 1. The van der Waals surface area contributed by atoms with Gasteiger partial charge in [0.25, 0.3) is 0 Å². The van der Waals surface area contributed by atoms with Crippen LogP contribution in [0.4, 0.5) is 24.5 Å². The maximum Gasteiger partial charge on any atom is 0.418 e. The minimum atomic E-state index is -4.46. The summed E-state index contributed by atoms with van der Waals surface area (Å²) in [6.07, 6.45) is 5.27. The van der Waals surface area contributed by atoms with Crippen molar-refractivity contribution in [1.29, 1.82) is 0 Å². The first-order valence-corrected chi connectivity index (χ1v) is 13.7. The Morgan fingerprint density at radius 3 is 2.51 bits per heavy atom. The van der Waals surface area contributed by atoms with E-state index >= 15 is 0 Å². The molecule has 8 heteroatoms. The topological polar surface area (TPSA) is 63.4 Å². The average molecular weight is 521 g/mol. The summed E-state index contributed by atoms with van der Waals surface area (Å²) in [7, 11) is 0. The molecule has 5 nitrogen and oxygen atoms in total. The smallest absolute Gasteiger partial charge is 0.418 e. The molecule has 1 fully saturated rings. The summed E-state index contributed by atoms with van der Waals surface area (Å²) in [4.78, 5) is 7.06. The summed E-state index contributed by atoms with van der Waals surface area (Å²) in [6.45, 7) is 10.2. The number of halogens is 3. The molecule has 37 heavy (non-hydrogen) atoms. The highest BCUT2D eigenvalue weighted by atomic mass is 19.4. The largest absolute Gasteiger partial charge is 0.490 e. The summed E-state index contributed by atoms with van der Waals surface area (Å²) in [5, 5.41) is 3.25. The molecule has 1 aliphatic rings. The van der Waals surface area contributed by atoms with Gasteiger partial charge in [0, 0.05) is 35.4 Å². The van der Waals surface area contributed by atoms with E-state index in [1.165, 1.54) is 25.5 Å². The number of ether oxygens (including phenoxy) is 1. The maximum atomic E-state index is 13.2. The van der Waals surface area contributed by atoms with E-state index in [1.54, 1.807) is 6.07 Å². The molecule has 0 radical (unpaired) electrons. The Morgan fingerprint density at radius 2 is 1.84 bits per heavy atom. The normalized spacial score (nSPS) is 19.1. The molecule has 3 N–H and O–H groups in total. The van der Waals surface area contributed by atoms with Crippen molar-refractivity contribution >= 4 is 11.4 Å². The van der Waals surface area contributed by atoms with Gasteiger partial charge in [0.05, 0.1) is 11.7 Å². The summed E-state index contributed by atoms with van der Waals surface area (Å²) >= 11 is 0. The molecule has 1 aliphatic carbocycles. The lowest BCUT2D eigenvalue weighted by atomic mass is 9.92. The molecule has 0 saturated heterocycles. The summed E-state index contributed by atoms with van der Waals surface area (Å²) in [6, 6.07) is 8.10. The standard InChI is InChI=1S/C29H43F3N4O/c1-4-17-36(5-2)18-15-21(3)6-7-23-19-26(14-16-34-23)37-25-11-8-22(9-12-25)35-24-10-13-28(33)27(20-24)29(30,31)32/h10,13-14,16,19-22,25,35H,4-9,11-12,15,17-18,33H2,1-3H3. The fourth-order valence-corrected chi connectivity index (χ4v) is 5.00. The Balaban J connectivity index is 1.43. The van der Waals surface area contributed by atoms with Gasteiger partial charge in [-0.2, -0.15) is 13.2 Å². The summed E-state index contributed by atoms with van der Waals surface area (Å²) in [5.41, 5.74) is 5.98. The van der Waals surface area contributed by atoms with Crippen LogP contribution in [0.15, 0.2) is 36.5 Å². The Bertz CT molecular complexity index is 960. The number of pyridine rings is 1. The van der Waals surface area contributed by atoms with Crippen molar-refractivity contribution in [3.05, 3.63) is 47.8 Å². The highest BCUT2D eigenvalue weighted by Gasteiger charge is 2.33. The Labute approximate surface area is 220 Å². The van der Waals surface area contributed by atoms with Crippen LogP contribution in [0.2, 0.25) is 0 Å². The lowest BCUT2D eigenvalue weighted by Crippen LogP contribution is -2.31. The maximum absolute atomic E-state index is 13.2. The fourth-order valence-electron chi connectivity index (χ4n) is 5.00. The zero-order valence-corrected chi connectivity index (χ0v) is 22.5. The lowest BCUT2D eigenvalue weighted by molar-refractivity contribution is -0.136. The SMILES string of the molecule is CCCN(CC)CCC(C)CCc1cc(OC2CCC(Nc3ccc(N)c(C(F)(F)F)c3)CC2)ccn1. The molecule has 0 aliphatic heterocycles. The van der Waals surface area contributed by atoms with E-state index in [0.29, 0.717) is 11.6 Å². The molecular formula is C29H43F3N4O. The number of aromatic nitrogens is 1. The predicted molar refractivity (Wildman–Crippen MR) is 145 cm³/mol. The van der Waals surface area contributed by atoms with Crippen molar-refractivity contribution in [2.45, 2.75) is 90.5 Å². The number of benzene rings is 1. The van der Waals surface area contributed by atoms with Gasteiger partial charge in [0.15, 0.2) is 0 Å². The zero-order valence-electron chi connectivity index (χ0n) is 22.5. The van der Waals surface area contributed by atoms with Crippen LogP contribution in [-0.4, -0.2) is 41.7 Å². The second-order valence-electron chi connectivity index (χ2n) is 10.4. The molecule has 0 spiro atoms. The van der Waals surface area contributed by atoms with Crippen molar-refractivity contribution < 1.29 is 17.9 Å². The van der Waals surface area contributed by atoms with E-state index in [2.05, 4.69) is 42.0 Å². The van der Waals surface area contributed by atoms with Gasteiger partial charge < -0.3 is 20.7 Å². The third kappa shape index (κ3) is 9.40. The second-order valence-corrected chi connectivity index (χ2v) is 10.4. The van der Waals surface area contributed by atoms with Crippen molar-refractivity contribution in [2.75, 3.05) is 30.7 Å². The fraction of sp³-hybridized carbons (Fsp3) is 0.621. The number of nitrogens with two attached hydrogens (primary N) is 1. The van der Waals surface area contributed by atoms with E-state index in [9.17, 15) is 13.2 Å². The molecule has 1 saturated carbocycles. The van der Waals surface area contributed by atoms with Crippen LogP contribution in [0.25, 0.3) is 0 Å². The number of hydrogen-bond acceptors (Lipinski definition) is 5. The average Bonchev–Trinajstić information content (AvgIpc) is 2.87. The van der Waals surface area contributed by atoms with Crippen LogP contribution in [0.5, 0.6) is 5.75 Å². The molecule has 1 unspecified atom stereocenters. The Kier molecular flexibility index (Phi) is 10.9. The first-order valence-electron chi connectivity index (χ1n) is 13.7. The molecule has 1 aromatic carbocycles. The van der Waals surface area contributed by atoms with Gasteiger partial charge >= 0.3 is 6.18 Å². The van der Waals surface area contributed by atoms with Gasteiger partial charge in [-0.25, -0.2) is 0 Å². The van der Waals surface area contributed by atoms with E-state index in [1.807, 2.05) is 12.3 Å². The monoisotopic (exact) mass is 520 g/mol. The number of anilines is 2. The minimum absolute atomic E-state index is 0.1000. The van der Waals surface area contributed by atoms with E-state index < -0.39 is 11.7 Å². The third-order valence-electron chi connectivity index (χ3n) is 7.31. The van der Waals surface area contributed by atoms with E-state index in [-0.39, 0.29) is 17.8 Å². The molecule has 3 rings (SSSR count). The summed E-state index contributed by atoms with van der Waals surface area (Å²) in [5.74, 6) is 1.50. The first-order chi connectivity index (χ1) is 17.7. The van der Waals surface area contributed by atoms with Gasteiger partial charge in [-0.3, -0.25) is 4.98 Å². The second kappa shape index (κ2) is 13.9. The number of rotatable bonds is 13. The van der Waals surface area contributed by atoms with Gasteiger partial charge in [-0.1, -0.05) is 20.8 Å². The van der Waals surface area contributed by atoms with Crippen LogP contribution < -0.4 is 15.8 Å². The number of nitrogens with zero attached hydrogens (tertiary/aromatic N) is 2. The lowest BCUT2D eigenvalue weighted by Gasteiger charge is -2.30. The van der Waals surface area contributed by atoms with Crippen LogP contribution in [0, 0.1) is 5.92 Å². The van der Waals surface area contributed by atoms with Gasteiger partial charge in [-0.15, -0.1) is 0 Å². The highest BCUT2D eigenvalue weighted by Crippen LogP contribution is 2.36. The molecular weight excluding hydrogens is 477 g/mol. The number of hydrogen-bond donors (Lipinski definition) is 2. The quantitative estimate of drug-likeness (QED) is 0.274. The van der Waals surface area contributed by atoms with Crippen molar-refractivity contribution in [3.8, 4) is 5.75 Å². The van der Waals surface area contributed by atoms with E-state index in [0.717, 1.165) is 69.1 Å². The van der Waals surface area contributed by atoms with Crippen LogP contribution in [0.3, 0.4) is 0 Å². The summed E-state index contributed by atoms with van der Waals surface area (Å²) < 4.78 is 45.7. The van der Waals surface area contributed by atoms with Gasteiger partial charge in [0.2, 0.25) is 0 Å². The first kappa shape index (κ1) is 29.1. The van der Waals surface area contributed by atoms with Crippen LogP contribution in [0.1, 0.15) is 77.0 Å². The van der Waals surface area contributed by atoms with Crippen LogP contribution >= 0.6 is 0 Å². The van der Waals surface area contributed by atoms with Crippen molar-refractivity contribution in [3.63, 3.8) is 0 Å². The molecule has 0 amide bonds. The molecule has 2 aromatic rings. The number of aryl methyl sites for hydroxylation is 1. The Morgan fingerprint density at radius 1 is 1.08 bits per heavy atom. The molecule has 0 bridgehead atoms. The van der Waals surface area contributed by atoms with Gasteiger partial charge in [0.1, 0.15) is 5.75 Å². The van der Waals surface area contributed by atoms with Crippen LogP contribution in [-0.2, 0) is 12.6 Å². The number of nitrogens with one attached hydrogen (secondary N) is 1. The molecule has 1 atom stereocenters. The number of alkyl halides is 3. The zero-order chi connectivity index (χ0) is 26.8. The van der Waals surface area contributed by atoms with Crippen molar-refractivity contribution in [2.24, 2.45) is 5.92 Å².